The number of morpholine rings is 3. The topological polar surface area (TPSA) is 512 Å². The average Bonchev–Trinajstić information content (AvgIpc) is 1.11. The molecule has 3 unspecified atom stereocenters. The predicted octanol–water partition coefficient (Wildman–Crippen LogP) is 9.17. The molecular formula is C74H88ClF4N15O23S3. The zero-order valence-corrected chi connectivity index (χ0v) is 68.5. The van der Waals surface area contributed by atoms with Crippen LogP contribution in [0.15, 0.2) is 136 Å². The third-order valence-corrected chi connectivity index (χ3v) is 23.4. The molecule has 5 aliphatic rings. The van der Waals surface area contributed by atoms with Gasteiger partial charge in [-0.2, -0.15) is 17.6 Å². The summed E-state index contributed by atoms with van der Waals surface area (Å²) in [6.45, 7) is 11.4. The number of primary sulfonamides is 2. The summed E-state index contributed by atoms with van der Waals surface area (Å²) in [6, 6.07) is 20.8. The van der Waals surface area contributed by atoms with Crippen molar-refractivity contribution in [3.8, 4) is 11.5 Å². The summed E-state index contributed by atoms with van der Waals surface area (Å²) < 4.78 is 162. The second-order valence-corrected chi connectivity index (χ2v) is 34.0. The first-order chi connectivity index (χ1) is 56.6. The number of hydrogen-bond donors (Lipinski definition) is 6. The first-order valence-electron chi connectivity index (χ1n) is 36.7. The van der Waals surface area contributed by atoms with Gasteiger partial charge in [-0.15, -0.1) is 0 Å². The molecule has 9 N–H and O–H groups in total. The molecule has 6 heterocycles. The Kier molecular flexibility index (Phi) is 31.2. The van der Waals surface area contributed by atoms with Crippen molar-refractivity contribution >= 4 is 116 Å². The largest absolute Gasteiger partial charge is 0.455 e. The Morgan fingerprint density at radius 3 is 1.68 bits per heavy atom. The van der Waals surface area contributed by atoms with Crippen molar-refractivity contribution in [2.24, 2.45) is 21.4 Å². The van der Waals surface area contributed by atoms with E-state index in [2.05, 4.69) is 53.7 Å². The van der Waals surface area contributed by atoms with Crippen LogP contribution in [0, 0.1) is 41.6 Å². The Bertz CT molecular complexity index is 5340. The number of hydrogen-bond acceptors (Lipinski definition) is 29. The lowest BCUT2D eigenvalue weighted by Crippen LogP contribution is -2.48. The summed E-state index contributed by atoms with van der Waals surface area (Å²) in [7, 11) is -8.62. The number of piperazine rings is 1. The number of nitrogens with two attached hydrogens (primary N) is 3. The molecule has 7 aromatic rings. The molecule has 120 heavy (non-hydrogen) atoms. The Hall–Kier alpha value is -11.0. The SMILES string of the molecule is COC(=O)N1CCOC(CN)C1.COC(=O)N1CCOC(CNc2ccc(S(=O)(=O)CC(=O)c3ccc(N4CCN(CC5=C(c6ccc(C(F)(F)F)cc6Cl)CC(C)(C)CC5)CC4)cc3Oc3cnc4[nH]ccc4c3)cc2[N+](=O)[O-])C1.COC(=O)N1CCOC(CNc2ccc(S(N)(=O)=O)cc2[N+](=O)[O-])C1.NS(=O)(=O)c1ccc(F)c([N+](=O)[O-])c1. The average molecular weight is 1760 g/mol. The highest BCUT2D eigenvalue weighted by atomic mass is 35.5. The van der Waals surface area contributed by atoms with E-state index in [0.29, 0.717) is 120 Å². The van der Waals surface area contributed by atoms with Crippen molar-refractivity contribution in [2.75, 3.05) is 154 Å². The van der Waals surface area contributed by atoms with Crippen LogP contribution in [0.1, 0.15) is 54.6 Å². The number of alkyl halides is 3. The van der Waals surface area contributed by atoms with Gasteiger partial charge in [0.05, 0.1) is 126 Å². The maximum Gasteiger partial charge on any atom is 0.416 e. The molecule has 4 aliphatic heterocycles. The monoisotopic (exact) mass is 1760 g/mol. The number of sulfonamides is 2. The number of Topliss-reactive ketones (excluding diaryl/α,β-unsaturated/α-hetero) is 1. The summed E-state index contributed by atoms with van der Waals surface area (Å²) in [4.78, 5) is 94.9. The maximum absolute atomic E-state index is 14.1. The smallest absolute Gasteiger partial charge is 0.416 e. The molecular weight excluding hydrogens is 1670 g/mol. The first kappa shape index (κ1) is 92.9. The molecule has 4 saturated heterocycles. The number of nitro benzene ring substituents is 3. The van der Waals surface area contributed by atoms with Crippen LogP contribution in [0.2, 0.25) is 5.02 Å². The summed E-state index contributed by atoms with van der Waals surface area (Å²) >= 11 is 6.54. The highest BCUT2D eigenvalue weighted by molar-refractivity contribution is 7.92. The van der Waals surface area contributed by atoms with Crippen molar-refractivity contribution < 1.29 is 110 Å². The molecule has 5 aromatic carbocycles. The van der Waals surface area contributed by atoms with E-state index in [4.69, 9.17) is 51.3 Å². The van der Waals surface area contributed by atoms with Gasteiger partial charge in [-0.05, 0) is 109 Å². The zero-order chi connectivity index (χ0) is 87.8. The fourth-order valence-corrected chi connectivity index (χ4v) is 15.9. The molecule has 0 bridgehead atoms. The lowest BCUT2D eigenvalue weighted by molar-refractivity contribution is -0.387. The van der Waals surface area contributed by atoms with Gasteiger partial charge in [-0.1, -0.05) is 37.1 Å². The zero-order valence-electron chi connectivity index (χ0n) is 65.3. The number of anilines is 3. The van der Waals surface area contributed by atoms with E-state index in [9.17, 15) is 92.3 Å². The second-order valence-electron chi connectivity index (χ2n) is 28.5. The number of carbonyl (C=O) groups is 4. The number of halogens is 5. The second kappa shape index (κ2) is 40.4. The van der Waals surface area contributed by atoms with E-state index < -0.39 is 125 Å². The number of aromatic nitrogens is 2. The van der Waals surface area contributed by atoms with Gasteiger partial charge in [-0.3, -0.25) is 40.0 Å². The number of methoxy groups -OCH3 is 3. The van der Waals surface area contributed by atoms with Crippen LogP contribution in [-0.4, -0.2) is 250 Å². The maximum atomic E-state index is 14.1. The number of sulfone groups is 1. The van der Waals surface area contributed by atoms with E-state index in [0.717, 1.165) is 59.7 Å². The van der Waals surface area contributed by atoms with E-state index in [1.807, 2.05) is 0 Å². The Morgan fingerprint density at radius 1 is 0.658 bits per heavy atom. The van der Waals surface area contributed by atoms with E-state index in [1.54, 1.807) is 35.4 Å². The molecule has 2 aromatic heterocycles. The number of carbonyl (C=O) groups excluding carboxylic acids is 4. The van der Waals surface area contributed by atoms with Crippen LogP contribution >= 0.6 is 11.6 Å². The molecule has 3 amide bonds. The number of nitro groups is 3. The lowest BCUT2D eigenvalue weighted by atomic mass is 9.72. The quantitative estimate of drug-likeness (QED) is 0.0121. The van der Waals surface area contributed by atoms with Crippen molar-refractivity contribution in [1.29, 1.82) is 0 Å². The number of nitrogens with zero attached hydrogens (tertiary/aromatic N) is 9. The number of aromatic amines is 1. The van der Waals surface area contributed by atoms with Crippen molar-refractivity contribution in [1.82, 2.24) is 29.6 Å². The van der Waals surface area contributed by atoms with Crippen molar-refractivity contribution in [2.45, 2.75) is 72.3 Å². The Morgan fingerprint density at radius 2 is 1.17 bits per heavy atom. The number of ketones is 1. The number of rotatable bonds is 22. The van der Waals surface area contributed by atoms with Crippen LogP contribution in [0.25, 0.3) is 16.6 Å². The first-order valence-corrected chi connectivity index (χ1v) is 41.8. The van der Waals surface area contributed by atoms with E-state index in [1.165, 1.54) is 73.7 Å². The molecule has 12 rings (SSSR count). The standard InChI is InChI=1S/C48H51ClF3N7O9S.C13H18N4O7S.C7H14N2O3.C6H5FN2O4S/c1-47(2)12-10-31(39(24-47)37-7-4-32(21-40(37)49)48(50,51)52)27-56-14-16-57(17-15-56)33-5-8-38(44(22-33)68-34-20-30-11-13-53-45(30)55-25-34)43(60)29-69(64,65)36-6-9-41(42(23-36)59(62)63)54-26-35-28-58(18-19-67-35)46(61)66-3;1-23-13(18)16-4-5-24-9(8-16)7-15-11-3-2-10(25(14,21)22)6-12(11)17(19)20;1-11-7(10)9-2-3-12-6(4-8)5-9;7-5-2-1-4(14(8,12)13)3-6(5)9(10)11/h4-9,11,13,20-23,25,35,54H,10,12,14-19,24,26-29H2,1-3H3,(H,53,55);2-3,6,9,15H,4-5,7-8H2,1H3,(H2,14,21,22);6H,2-5,8H2,1H3;1-3H,(H2,8,12,13). The fourth-order valence-electron chi connectivity index (χ4n) is 13.3. The number of fused-ring (bicyclic) bond motifs is 1. The van der Waals surface area contributed by atoms with Gasteiger partial charge in [0.15, 0.2) is 15.6 Å². The van der Waals surface area contributed by atoms with Crippen LogP contribution in [-0.2, 0) is 64.5 Å². The molecule has 0 spiro atoms. The fraction of sp³-hybridized carbons (Fsp3) is 0.419. The van der Waals surface area contributed by atoms with Crippen molar-refractivity contribution in [3.63, 3.8) is 0 Å². The van der Waals surface area contributed by atoms with Crippen LogP contribution in [0.5, 0.6) is 11.5 Å². The van der Waals surface area contributed by atoms with Gasteiger partial charge in [-0.25, -0.2) is 54.9 Å². The van der Waals surface area contributed by atoms with Gasteiger partial charge in [0.25, 0.3) is 11.4 Å². The number of ether oxygens (including phenoxy) is 7. The highest BCUT2D eigenvalue weighted by Crippen LogP contribution is 2.46. The number of H-pyrrole nitrogens is 1. The Balaban J connectivity index is 0.000000257. The van der Waals surface area contributed by atoms with Crippen molar-refractivity contribution in [3.05, 3.63) is 179 Å². The highest BCUT2D eigenvalue weighted by Gasteiger charge is 2.36. The summed E-state index contributed by atoms with van der Waals surface area (Å²) in [5.41, 5.74) is 6.87. The van der Waals surface area contributed by atoms with Gasteiger partial charge in [0.1, 0.15) is 34.3 Å². The number of nitrogens with one attached hydrogen (secondary N) is 3. The molecule has 1 aliphatic carbocycles. The van der Waals surface area contributed by atoms with Gasteiger partial charge in [0.2, 0.25) is 25.9 Å². The molecule has 0 radical (unpaired) electrons. The molecule has 38 nitrogen and oxygen atoms in total. The Labute approximate surface area is 690 Å². The summed E-state index contributed by atoms with van der Waals surface area (Å²) in [6.07, 6.45) is -1.20. The minimum absolute atomic E-state index is 0.0205. The summed E-state index contributed by atoms with van der Waals surface area (Å²) in [5.74, 6) is -2.56. The van der Waals surface area contributed by atoms with Gasteiger partial charge >= 0.3 is 30.1 Å². The minimum Gasteiger partial charge on any atom is -0.455 e. The summed E-state index contributed by atoms with van der Waals surface area (Å²) in [5, 5.41) is 49.9. The third-order valence-electron chi connectivity index (χ3n) is 19.6. The predicted molar refractivity (Wildman–Crippen MR) is 428 cm³/mol. The van der Waals surface area contributed by atoms with E-state index >= 15 is 0 Å². The van der Waals surface area contributed by atoms with Gasteiger partial charge in [0, 0.05) is 119 Å². The molecule has 4 fully saturated rings. The molecule has 0 saturated carbocycles. The van der Waals surface area contributed by atoms with E-state index in [-0.39, 0.29) is 83.0 Å². The van der Waals surface area contributed by atoms with Crippen LogP contribution < -0.4 is 36.3 Å². The number of amides is 3. The number of allylic oxidation sites excluding steroid dienone is 1. The molecule has 46 heteroatoms. The number of benzene rings is 5. The molecule has 650 valence electrons. The van der Waals surface area contributed by atoms with Crippen LogP contribution in [0.4, 0.5) is 66.1 Å². The lowest BCUT2D eigenvalue weighted by Gasteiger charge is -2.39. The minimum atomic E-state index is -4.51. The van der Waals surface area contributed by atoms with Gasteiger partial charge < -0.3 is 74.1 Å². The number of pyridine rings is 1. The third kappa shape index (κ3) is 25.1. The normalized spacial score (nSPS) is 17.8. The molecule has 3 atom stereocenters. The van der Waals surface area contributed by atoms with Crippen LogP contribution in [0.3, 0.4) is 0 Å².